The quantitative estimate of drug-likeness (QED) is 0.128. The molecule has 2 rings (SSSR count). The number of hydrogen-bond donors (Lipinski definition) is 0. The van der Waals surface area contributed by atoms with Gasteiger partial charge in [-0.15, -0.1) is 11.8 Å². The number of thioether (sulfide) groups is 1. The molecule has 2 aromatic rings. The van der Waals surface area contributed by atoms with Gasteiger partial charge in [-0.25, -0.2) is 0 Å². The summed E-state index contributed by atoms with van der Waals surface area (Å²) in [6.07, 6.45) is 17.7. The molecule has 0 fully saturated rings. The number of Topliss-reactive ketones (excluding diaryl/α,β-unsaturated/α-hetero) is 1. The zero-order valence-electron chi connectivity index (χ0n) is 23.7. The Balaban J connectivity index is 0.00000150. The average Bonchev–Trinajstić information content (AvgIpc) is 2.90. The summed E-state index contributed by atoms with van der Waals surface area (Å²) in [4.78, 5) is 13.9. The van der Waals surface area contributed by atoms with E-state index in [1.807, 2.05) is 12.1 Å². The van der Waals surface area contributed by atoms with E-state index in [2.05, 4.69) is 83.0 Å². The number of rotatable bonds is 16. The van der Waals surface area contributed by atoms with Crippen molar-refractivity contribution in [3.8, 4) is 0 Å². The van der Waals surface area contributed by atoms with Gasteiger partial charge in [0.05, 0.1) is 0 Å². The van der Waals surface area contributed by atoms with Crippen molar-refractivity contribution in [3.05, 3.63) is 93.9 Å². The summed E-state index contributed by atoms with van der Waals surface area (Å²) in [6, 6.07) is 17.0. The van der Waals surface area contributed by atoms with Gasteiger partial charge in [-0.3, -0.25) is 4.79 Å². The minimum atomic E-state index is 0.265. The Labute approximate surface area is 226 Å². The first-order valence-corrected chi connectivity index (χ1v) is 15.3. The fraction of sp³-hybridized carbons (Fsp3) is 0.500. The van der Waals surface area contributed by atoms with Crippen molar-refractivity contribution >= 4 is 17.5 Å². The average molecular weight is 507 g/mol. The topological polar surface area (TPSA) is 17.1 Å². The summed E-state index contributed by atoms with van der Waals surface area (Å²) < 4.78 is 0. The second kappa shape index (κ2) is 20.0. The minimum Gasteiger partial charge on any atom is -0.294 e. The van der Waals surface area contributed by atoms with Crippen molar-refractivity contribution in [2.75, 3.05) is 6.26 Å². The second-order valence-corrected chi connectivity index (χ2v) is 10.7. The van der Waals surface area contributed by atoms with Gasteiger partial charge in [-0.1, -0.05) is 119 Å². The smallest absolute Gasteiger partial charge is 0.162 e. The highest BCUT2D eigenvalue weighted by Crippen LogP contribution is 2.23. The zero-order chi connectivity index (χ0) is 26.6. The zero-order valence-corrected chi connectivity index (χ0v) is 24.5. The Bertz CT molecular complexity index is 888. The Morgan fingerprint density at radius 2 is 1.39 bits per heavy atom. The lowest BCUT2D eigenvalue weighted by Gasteiger charge is -2.08. The largest absolute Gasteiger partial charge is 0.294 e. The molecule has 2 aromatic carbocycles. The van der Waals surface area contributed by atoms with Gasteiger partial charge >= 0.3 is 0 Å². The first-order chi connectivity index (χ1) is 17.4. The van der Waals surface area contributed by atoms with E-state index in [0.29, 0.717) is 6.42 Å². The number of ketones is 1. The van der Waals surface area contributed by atoms with E-state index in [1.54, 1.807) is 11.8 Å². The molecule has 0 atom stereocenters. The van der Waals surface area contributed by atoms with Crippen molar-refractivity contribution < 1.29 is 4.79 Å². The molecule has 198 valence electrons. The van der Waals surface area contributed by atoms with E-state index in [1.165, 1.54) is 60.1 Å². The summed E-state index contributed by atoms with van der Waals surface area (Å²) in [7, 11) is 0. The molecule has 1 nitrogen and oxygen atoms in total. The second-order valence-electron chi connectivity index (χ2n) is 9.77. The summed E-state index contributed by atoms with van der Waals surface area (Å²) in [5.41, 5.74) is 5.93. The maximum Gasteiger partial charge on any atom is 0.162 e. The SMILES string of the molecule is C=C(/C=C(/CCCCC(=O)c1ccc(CCCCCC)cc1)SC)Cc1ccc(C)cc1.CCCC. The highest BCUT2D eigenvalue weighted by molar-refractivity contribution is 8.02. The van der Waals surface area contributed by atoms with Gasteiger partial charge in [0.15, 0.2) is 5.78 Å². The number of carbonyl (C=O) groups is 1. The highest BCUT2D eigenvalue weighted by atomic mass is 32.2. The Morgan fingerprint density at radius 1 is 0.778 bits per heavy atom. The van der Waals surface area contributed by atoms with Crippen LogP contribution in [-0.4, -0.2) is 12.0 Å². The molecule has 2 heteroatoms. The molecule has 36 heavy (non-hydrogen) atoms. The van der Waals surface area contributed by atoms with Crippen LogP contribution < -0.4 is 0 Å². The number of hydrogen-bond acceptors (Lipinski definition) is 2. The van der Waals surface area contributed by atoms with E-state index in [0.717, 1.165) is 43.2 Å². The molecule has 0 amide bonds. The molecule has 0 unspecified atom stereocenters. The number of carbonyl (C=O) groups excluding carboxylic acids is 1. The van der Waals surface area contributed by atoms with Gasteiger partial charge in [0.1, 0.15) is 0 Å². The van der Waals surface area contributed by atoms with E-state index in [-0.39, 0.29) is 5.78 Å². The fourth-order valence-electron chi connectivity index (χ4n) is 3.82. The molecule has 0 aliphatic carbocycles. The Hall–Kier alpha value is -2.06. The lowest BCUT2D eigenvalue weighted by atomic mass is 10.0. The number of unbranched alkanes of at least 4 members (excludes halogenated alkanes) is 5. The van der Waals surface area contributed by atoms with Crippen LogP contribution in [0.15, 0.2) is 71.7 Å². The molecule has 0 aliphatic rings. The Morgan fingerprint density at radius 3 is 1.97 bits per heavy atom. The molecule has 0 heterocycles. The third kappa shape index (κ3) is 14.5. The standard InChI is InChI=1S/C30H40OS.C4H10/c1-5-6-7-8-11-26-18-20-28(21-19-26)30(31)13-10-9-12-29(32-4)23-25(3)22-27-16-14-24(2)15-17-27;1-3-4-2/h14-21,23H,3,5-13,22H2,1-2,4H3;3-4H2,1-2H3/b29-23-;. The molecular weight excluding hydrogens is 456 g/mol. The van der Waals surface area contributed by atoms with Crippen LogP contribution in [0.2, 0.25) is 0 Å². The summed E-state index contributed by atoms with van der Waals surface area (Å²) >= 11 is 1.79. The van der Waals surface area contributed by atoms with Gasteiger partial charge in [-0.2, -0.15) is 0 Å². The van der Waals surface area contributed by atoms with E-state index in [9.17, 15) is 4.79 Å². The van der Waals surface area contributed by atoms with Crippen molar-refractivity contribution in [1.82, 2.24) is 0 Å². The van der Waals surface area contributed by atoms with Gasteiger partial charge < -0.3 is 0 Å². The van der Waals surface area contributed by atoms with Crippen LogP contribution in [0.5, 0.6) is 0 Å². The van der Waals surface area contributed by atoms with Crippen LogP contribution in [-0.2, 0) is 12.8 Å². The van der Waals surface area contributed by atoms with Gasteiger partial charge in [0.25, 0.3) is 0 Å². The van der Waals surface area contributed by atoms with Crippen LogP contribution in [0.3, 0.4) is 0 Å². The summed E-state index contributed by atoms with van der Waals surface area (Å²) in [6.45, 7) is 13.0. The summed E-state index contributed by atoms with van der Waals surface area (Å²) in [5, 5.41) is 0. The van der Waals surface area contributed by atoms with Crippen LogP contribution in [0.25, 0.3) is 0 Å². The molecule has 0 N–H and O–H groups in total. The normalized spacial score (nSPS) is 11.1. The predicted molar refractivity (Wildman–Crippen MR) is 163 cm³/mol. The maximum absolute atomic E-state index is 12.5. The van der Waals surface area contributed by atoms with Crippen LogP contribution in [0, 0.1) is 6.92 Å². The van der Waals surface area contributed by atoms with Crippen molar-refractivity contribution in [2.24, 2.45) is 0 Å². The predicted octanol–water partition coefficient (Wildman–Crippen LogP) is 10.7. The van der Waals surface area contributed by atoms with Gasteiger partial charge in [0.2, 0.25) is 0 Å². The van der Waals surface area contributed by atoms with E-state index >= 15 is 0 Å². The third-order valence-corrected chi connectivity index (χ3v) is 7.20. The van der Waals surface area contributed by atoms with Crippen molar-refractivity contribution in [3.63, 3.8) is 0 Å². The van der Waals surface area contributed by atoms with Crippen molar-refractivity contribution in [1.29, 1.82) is 0 Å². The monoisotopic (exact) mass is 506 g/mol. The number of benzene rings is 2. The molecular formula is C34H50OS. The third-order valence-electron chi connectivity index (χ3n) is 6.35. The van der Waals surface area contributed by atoms with Gasteiger partial charge in [0, 0.05) is 12.0 Å². The maximum atomic E-state index is 12.5. The fourth-order valence-corrected chi connectivity index (χ4v) is 4.46. The molecule has 0 radical (unpaired) electrons. The van der Waals surface area contributed by atoms with Crippen LogP contribution in [0.4, 0.5) is 0 Å². The highest BCUT2D eigenvalue weighted by Gasteiger charge is 2.07. The number of allylic oxidation sites excluding steroid dienone is 3. The molecule has 0 saturated carbocycles. The number of aryl methyl sites for hydroxylation is 2. The molecule has 0 aliphatic heterocycles. The van der Waals surface area contributed by atoms with Gasteiger partial charge in [-0.05, 0) is 73.8 Å². The van der Waals surface area contributed by atoms with Crippen LogP contribution in [0.1, 0.15) is 112 Å². The molecule has 0 saturated heterocycles. The molecule has 0 bridgehead atoms. The summed E-state index contributed by atoms with van der Waals surface area (Å²) in [5.74, 6) is 0.265. The first kappa shape index (κ1) is 32.0. The minimum absolute atomic E-state index is 0.265. The van der Waals surface area contributed by atoms with Crippen molar-refractivity contribution in [2.45, 2.75) is 105 Å². The lowest BCUT2D eigenvalue weighted by molar-refractivity contribution is 0.0979. The molecule has 0 aromatic heterocycles. The first-order valence-electron chi connectivity index (χ1n) is 14.0. The van der Waals surface area contributed by atoms with Crippen LogP contribution >= 0.6 is 11.8 Å². The Kier molecular flexibility index (Phi) is 17.8. The van der Waals surface area contributed by atoms with E-state index < -0.39 is 0 Å². The van der Waals surface area contributed by atoms with E-state index in [4.69, 9.17) is 0 Å². The lowest BCUT2D eigenvalue weighted by Crippen LogP contribution is -1.99. The molecule has 0 spiro atoms.